The lowest BCUT2D eigenvalue weighted by atomic mass is 9.89. The standard InChI is InChI=1S/C16H13FO3/c1-20-11-8-6-10(7-9-11)16(17)14(18)12-4-2-3-5-13(12)15(16)19/h2-9,14,18H,1H3. The summed E-state index contributed by atoms with van der Waals surface area (Å²) in [5, 5.41) is 10.2. The Morgan fingerprint density at radius 2 is 1.80 bits per heavy atom. The van der Waals surface area contributed by atoms with Crippen molar-refractivity contribution in [2.75, 3.05) is 7.11 Å². The molecular weight excluding hydrogens is 259 g/mol. The van der Waals surface area contributed by atoms with Gasteiger partial charge in [-0.05, 0) is 17.7 Å². The van der Waals surface area contributed by atoms with E-state index < -0.39 is 17.6 Å². The molecule has 20 heavy (non-hydrogen) atoms. The molecule has 2 unspecified atom stereocenters. The molecule has 4 heteroatoms. The molecular formula is C16H13FO3. The van der Waals surface area contributed by atoms with Crippen molar-refractivity contribution in [2.24, 2.45) is 0 Å². The van der Waals surface area contributed by atoms with Gasteiger partial charge in [0.25, 0.3) is 0 Å². The zero-order valence-corrected chi connectivity index (χ0v) is 10.8. The first kappa shape index (κ1) is 12.8. The Hall–Kier alpha value is -2.20. The van der Waals surface area contributed by atoms with E-state index in [0.29, 0.717) is 11.3 Å². The smallest absolute Gasteiger partial charge is 0.228 e. The Morgan fingerprint density at radius 1 is 1.15 bits per heavy atom. The van der Waals surface area contributed by atoms with E-state index in [1.165, 1.54) is 25.3 Å². The van der Waals surface area contributed by atoms with Crippen LogP contribution in [-0.2, 0) is 5.67 Å². The number of halogens is 1. The molecule has 1 N–H and O–H groups in total. The van der Waals surface area contributed by atoms with Gasteiger partial charge in [-0.3, -0.25) is 4.79 Å². The number of hydrogen-bond acceptors (Lipinski definition) is 3. The number of hydrogen-bond donors (Lipinski definition) is 1. The van der Waals surface area contributed by atoms with Crippen molar-refractivity contribution in [3.05, 3.63) is 65.2 Å². The molecule has 0 fully saturated rings. The molecule has 1 aliphatic rings. The molecule has 0 bridgehead atoms. The van der Waals surface area contributed by atoms with Crippen LogP contribution in [0.5, 0.6) is 5.75 Å². The van der Waals surface area contributed by atoms with Gasteiger partial charge in [0, 0.05) is 11.1 Å². The van der Waals surface area contributed by atoms with Crippen molar-refractivity contribution in [1.29, 1.82) is 0 Å². The second-order valence-electron chi connectivity index (χ2n) is 4.76. The number of alkyl halides is 1. The maximum Gasteiger partial charge on any atom is 0.228 e. The molecule has 0 spiro atoms. The van der Waals surface area contributed by atoms with Gasteiger partial charge in [-0.15, -0.1) is 0 Å². The Labute approximate surface area is 115 Å². The van der Waals surface area contributed by atoms with Gasteiger partial charge in [-0.25, -0.2) is 4.39 Å². The van der Waals surface area contributed by atoms with Gasteiger partial charge in [-0.1, -0.05) is 36.4 Å². The lowest BCUT2D eigenvalue weighted by Crippen LogP contribution is -2.31. The predicted octanol–water partition coefficient (Wildman–Crippen LogP) is 2.79. The number of rotatable bonds is 2. The highest BCUT2D eigenvalue weighted by atomic mass is 19.1. The number of carbonyl (C=O) groups is 1. The van der Waals surface area contributed by atoms with E-state index in [2.05, 4.69) is 0 Å². The molecule has 1 aliphatic carbocycles. The van der Waals surface area contributed by atoms with Crippen molar-refractivity contribution in [1.82, 2.24) is 0 Å². The summed E-state index contributed by atoms with van der Waals surface area (Å²) >= 11 is 0. The van der Waals surface area contributed by atoms with Crippen LogP contribution in [-0.4, -0.2) is 18.0 Å². The van der Waals surface area contributed by atoms with Gasteiger partial charge in [0.2, 0.25) is 11.5 Å². The van der Waals surface area contributed by atoms with Crippen molar-refractivity contribution in [3.63, 3.8) is 0 Å². The second-order valence-corrected chi connectivity index (χ2v) is 4.76. The first-order chi connectivity index (χ1) is 9.59. The van der Waals surface area contributed by atoms with Gasteiger partial charge in [0.05, 0.1) is 7.11 Å². The Kier molecular flexibility index (Phi) is 2.83. The molecule has 0 aliphatic heterocycles. The van der Waals surface area contributed by atoms with Gasteiger partial charge in [0.15, 0.2) is 0 Å². The average Bonchev–Trinajstić information content (AvgIpc) is 2.71. The quantitative estimate of drug-likeness (QED) is 0.914. The summed E-state index contributed by atoms with van der Waals surface area (Å²) < 4.78 is 20.2. The third kappa shape index (κ3) is 1.58. The fourth-order valence-corrected chi connectivity index (χ4v) is 2.60. The molecule has 0 saturated heterocycles. The van der Waals surface area contributed by atoms with Crippen LogP contribution >= 0.6 is 0 Å². The van der Waals surface area contributed by atoms with E-state index in [0.717, 1.165) is 0 Å². The average molecular weight is 272 g/mol. The first-order valence-corrected chi connectivity index (χ1v) is 6.24. The number of ether oxygens (including phenoxy) is 1. The second kappa shape index (κ2) is 4.42. The zero-order chi connectivity index (χ0) is 14.3. The number of ketones is 1. The molecule has 0 amide bonds. The number of aliphatic hydroxyl groups excluding tert-OH is 1. The molecule has 2 atom stereocenters. The largest absolute Gasteiger partial charge is 0.497 e. The molecule has 0 saturated carbocycles. The van der Waals surface area contributed by atoms with E-state index in [1.54, 1.807) is 30.3 Å². The van der Waals surface area contributed by atoms with Gasteiger partial charge >= 0.3 is 0 Å². The molecule has 0 heterocycles. The SMILES string of the molecule is COc1ccc(C2(F)C(=O)c3ccccc3C2O)cc1. The Morgan fingerprint density at radius 3 is 2.40 bits per heavy atom. The maximum atomic E-state index is 15.2. The normalized spacial score (nSPS) is 24.6. The van der Waals surface area contributed by atoms with Crippen LogP contribution in [0.1, 0.15) is 27.6 Å². The van der Waals surface area contributed by atoms with Gasteiger partial charge in [-0.2, -0.15) is 0 Å². The third-order valence-corrected chi connectivity index (χ3v) is 3.72. The predicted molar refractivity (Wildman–Crippen MR) is 71.5 cm³/mol. The van der Waals surface area contributed by atoms with E-state index >= 15 is 4.39 Å². The summed E-state index contributed by atoms with van der Waals surface area (Å²) in [6, 6.07) is 12.5. The number of Topliss-reactive ketones (excluding diaryl/α,β-unsaturated/α-hetero) is 1. The number of aliphatic hydroxyl groups is 1. The lowest BCUT2D eigenvalue weighted by molar-refractivity contribution is 0.00745. The molecule has 2 aromatic carbocycles. The lowest BCUT2D eigenvalue weighted by Gasteiger charge is -2.23. The fourth-order valence-electron chi connectivity index (χ4n) is 2.60. The highest BCUT2D eigenvalue weighted by molar-refractivity contribution is 6.08. The molecule has 0 radical (unpaired) electrons. The molecule has 0 aromatic heterocycles. The van der Waals surface area contributed by atoms with Gasteiger partial charge < -0.3 is 9.84 Å². The number of benzene rings is 2. The molecule has 3 rings (SSSR count). The first-order valence-electron chi connectivity index (χ1n) is 6.24. The summed E-state index contributed by atoms with van der Waals surface area (Å²) in [5.41, 5.74) is -1.74. The summed E-state index contributed by atoms with van der Waals surface area (Å²) in [6.45, 7) is 0. The van der Waals surface area contributed by atoms with Crippen molar-refractivity contribution in [3.8, 4) is 5.75 Å². The minimum atomic E-state index is -2.43. The van der Waals surface area contributed by atoms with E-state index in [9.17, 15) is 9.90 Å². The number of methoxy groups -OCH3 is 1. The highest BCUT2D eigenvalue weighted by Gasteiger charge is 2.54. The fraction of sp³-hybridized carbons (Fsp3) is 0.188. The minimum absolute atomic E-state index is 0.131. The molecule has 2 aromatic rings. The Bertz CT molecular complexity index is 666. The van der Waals surface area contributed by atoms with E-state index in [-0.39, 0.29) is 11.1 Å². The van der Waals surface area contributed by atoms with Crippen LogP contribution in [0.4, 0.5) is 4.39 Å². The zero-order valence-electron chi connectivity index (χ0n) is 10.8. The van der Waals surface area contributed by atoms with Crippen LogP contribution in [0.2, 0.25) is 0 Å². The number of fused-ring (bicyclic) bond motifs is 1. The van der Waals surface area contributed by atoms with Gasteiger partial charge in [0.1, 0.15) is 11.9 Å². The summed E-state index contributed by atoms with van der Waals surface area (Å²) in [5.74, 6) is -0.138. The van der Waals surface area contributed by atoms with Crippen LogP contribution in [0.15, 0.2) is 48.5 Å². The summed E-state index contributed by atoms with van der Waals surface area (Å²) in [6.07, 6.45) is -1.49. The maximum absolute atomic E-state index is 15.2. The topological polar surface area (TPSA) is 46.5 Å². The monoisotopic (exact) mass is 272 g/mol. The van der Waals surface area contributed by atoms with Crippen molar-refractivity contribution in [2.45, 2.75) is 11.8 Å². The minimum Gasteiger partial charge on any atom is -0.497 e. The van der Waals surface area contributed by atoms with Crippen LogP contribution in [0.3, 0.4) is 0 Å². The van der Waals surface area contributed by atoms with Crippen molar-refractivity contribution >= 4 is 5.78 Å². The highest BCUT2D eigenvalue weighted by Crippen LogP contribution is 2.48. The van der Waals surface area contributed by atoms with E-state index in [4.69, 9.17) is 4.74 Å². The van der Waals surface area contributed by atoms with Crippen LogP contribution < -0.4 is 4.74 Å². The van der Waals surface area contributed by atoms with Crippen molar-refractivity contribution < 1.29 is 19.0 Å². The summed E-state index contributed by atoms with van der Waals surface area (Å²) in [4.78, 5) is 12.3. The third-order valence-electron chi connectivity index (χ3n) is 3.72. The van der Waals surface area contributed by atoms with Crippen LogP contribution in [0.25, 0.3) is 0 Å². The van der Waals surface area contributed by atoms with E-state index in [1.807, 2.05) is 0 Å². The molecule has 3 nitrogen and oxygen atoms in total. The van der Waals surface area contributed by atoms with Crippen LogP contribution in [0, 0.1) is 0 Å². The Balaban J connectivity index is 2.11. The summed E-state index contributed by atoms with van der Waals surface area (Å²) in [7, 11) is 1.51. The molecule has 102 valence electrons. The number of carbonyl (C=O) groups excluding carboxylic acids is 1.